The first-order chi connectivity index (χ1) is 9.06. The lowest BCUT2D eigenvalue weighted by molar-refractivity contribution is -0.0508. The highest BCUT2D eigenvalue weighted by molar-refractivity contribution is 5.54. The highest BCUT2D eigenvalue weighted by atomic mass is 19.3. The maximum atomic E-state index is 12.2. The fourth-order valence-electron chi connectivity index (χ4n) is 1.46. The first kappa shape index (κ1) is 12.9. The molecular formula is C11H11F2N3O3. The minimum absolute atomic E-state index is 0.0570. The molecule has 0 spiro atoms. The van der Waals surface area contributed by atoms with E-state index in [1.54, 1.807) is 6.07 Å². The highest BCUT2D eigenvalue weighted by Crippen LogP contribution is 2.27. The number of aromatic nitrogens is 2. The number of hydrogen-bond acceptors (Lipinski definition) is 5. The maximum Gasteiger partial charge on any atom is 0.387 e. The van der Waals surface area contributed by atoms with Gasteiger partial charge >= 0.3 is 6.61 Å². The van der Waals surface area contributed by atoms with Crippen molar-refractivity contribution in [2.24, 2.45) is 0 Å². The molecule has 0 amide bonds. The Morgan fingerprint density at radius 3 is 2.79 bits per heavy atom. The Labute approximate surface area is 106 Å². The summed E-state index contributed by atoms with van der Waals surface area (Å²) in [5, 5.41) is 12.5. The molecule has 0 aliphatic heterocycles. The summed E-state index contributed by atoms with van der Waals surface area (Å²) >= 11 is 0. The molecule has 1 aromatic carbocycles. The van der Waals surface area contributed by atoms with Crippen molar-refractivity contribution in [1.82, 2.24) is 9.94 Å². The van der Waals surface area contributed by atoms with Gasteiger partial charge in [-0.05, 0) is 12.1 Å². The monoisotopic (exact) mass is 271 g/mol. The van der Waals surface area contributed by atoms with E-state index in [9.17, 15) is 8.78 Å². The van der Waals surface area contributed by atoms with E-state index in [1.807, 2.05) is 0 Å². The molecular weight excluding hydrogens is 260 g/mol. The van der Waals surface area contributed by atoms with Gasteiger partial charge in [0.1, 0.15) is 12.4 Å². The predicted octanol–water partition coefficient (Wildman–Crippen LogP) is 1.88. The van der Waals surface area contributed by atoms with Crippen LogP contribution in [-0.4, -0.2) is 21.8 Å². The van der Waals surface area contributed by atoms with E-state index < -0.39 is 6.61 Å². The van der Waals surface area contributed by atoms with Gasteiger partial charge in [-0.2, -0.15) is 8.78 Å². The largest absolute Gasteiger partial charge is 0.471 e. The molecule has 0 unspecified atom stereocenters. The van der Waals surface area contributed by atoms with Crippen molar-refractivity contribution in [3.63, 3.8) is 0 Å². The quantitative estimate of drug-likeness (QED) is 0.641. The van der Waals surface area contributed by atoms with Crippen LogP contribution in [-0.2, 0) is 6.61 Å². The highest BCUT2D eigenvalue weighted by Gasteiger charge is 2.13. The molecule has 0 bridgehead atoms. The minimum atomic E-state index is -2.95. The zero-order valence-corrected chi connectivity index (χ0v) is 9.66. The van der Waals surface area contributed by atoms with Gasteiger partial charge in [0.05, 0.1) is 11.8 Å². The molecule has 0 aliphatic carbocycles. The summed E-state index contributed by atoms with van der Waals surface area (Å²) in [6.45, 7) is -3.05. The van der Waals surface area contributed by atoms with Gasteiger partial charge in [0.2, 0.25) is 5.88 Å². The molecule has 19 heavy (non-hydrogen) atoms. The third-order valence-electron chi connectivity index (χ3n) is 2.30. The van der Waals surface area contributed by atoms with Crippen LogP contribution in [0, 0.1) is 0 Å². The Bertz CT molecular complexity index is 560. The molecule has 0 atom stereocenters. The van der Waals surface area contributed by atoms with Gasteiger partial charge in [-0.15, -0.1) is 4.85 Å². The third kappa shape index (κ3) is 3.24. The normalized spacial score (nSPS) is 10.7. The van der Waals surface area contributed by atoms with E-state index in [2.05, 4.69) is 9.84 Å². The van der Waals surface area contributed by atoms with Crippen molar-refractivity contribution in [3.05, 3.63) is 36.0 Å². The molecule has 2 aromatic rings. The van der Waals surface area contributed by atoms with Gasteiger partial charge in [0.25, 0.3) is 0 Å². The fourth-order valence-corrected chi connectivity index (χ4v) is 1.46. The number of benzene rings is 1. The Morgan fingerprint density at radius 2 is 2.16 bits per heavy atom. The van der Waals surface area contributed by atoms with Crippen molar-refractivity contribution < 1.29 is 23.5 Å². The summed E-state index contributed by atoms with van der Waals surface area (Å²) in [7, 11) is 0. The second-order valence-corrected chi connectivity index (χ2v) is 3.57. The molecule has 0 saturated carbocycles. The fraction of sp³-hybridized carbons (Fsp3) is 0.182. The summed E-state index contributed by atoms with van der Waals surface area (Å²) in [6, 6.07) is 5.82. The Hall–Kier alpha value is -2.51. The number of ether oxygens (including phenoxy) is 2. The van der Waals surface area contributed by atoms with Crippen LogP contribution in [0.3, 0.4) is 0 Å². The summed E-state index contributed by atoms with van der Waals surface area (Å²) in [6.07, 6.45) is 1.26. The second-order valence-electron chi connectivity index (χ2n) is 3.57. The van der Waals surface area contributed by atoms with Crippen LogP contribution in [0.2, 0.25) is 0 Å². The summed E-state index contributed by atoms with van der Waals surface area (Å²) in [4.78, 5) is 0.570. The zero-order valence-electron chi connectivity index (χ0n) is 9.66. The molecule has 3 N–H and O–H groups in total. The number of nitrogens with zero attached hydrogens (tertiary/aromatic N) is 2. The molecule has 0 aliphatic rings. The van der Waals surface area contributed by atoms with Crippen LogP contribution >= 0.6 is 0 Å². The molecule has 0 fully saturated rings. The third-order valence-corrected chi connectivity index (χ3v) is 2.30. The van der Waals surface area contributed by atoms with Crippen LogP contribution in [0.1, 0.15) is 5.56 Å². The predicted molar refractivity (Wildman–Crippen MR) is 61.2 cm³/mol. The Morgan fingerprint density at radius 1 is 1.37 bits per heavy atom. The average Bonchev–Trinajstić information content (AvgIpc) is 2.73. The van der Waals surface area contributed by atoms with Crippen LogP contribution < -0.4 is 15.2 Å². The van der Waals surface area contributed by atoms with Crippen molar-refractivity contribution in [1.29, 1.82) is 0 Å². The minimum Gasteiger partial charge on any atom is -0.471 e. The van der Waals surface area contributed by atoms with Crippen molar-refractivity contribution in [3.8, 4) is 11.6 Å². The number of hydrogen-bond donors (Lipinski definition) is 2. The van der Waals surface area contributed by atoms with E-state index in [-0.39, 0.29) is 29.5 Å². The van der Waals surface area contributed by atoms with Crippen LogP contribution in [0.25, 0.3) is 0 Å². The lowest BCUT2D eigenvalue weighted by Crippen LogP contribution is -2.08. The number of alkyl halides is 2. The smallest absolute Gasteiger partial charge is 0.387 e. The molecule has 0 saturated heterocycles. The van der Waals surface area contributed by atoms with E-state index in [0.29, 0.717) is 4.85 Å². The van der Waals surface area contributed by atoms with E-state index in [0.717, 1.165) is 0 Å². The summed E-state index contributed by atoms with van der Waals surface area (Å²) in [5.41, 5.74) is 6.24. The Kier molecular flexibility index (Phi) is 3.69. The van der Waals surface area contributed by atoms with Crippen LogP contribution in [0.5, 0.6) is 11.6 Å². The van der Waals surface area contributed by atoms with E-state index in [1.165, 1.54) is 24.4 Å². The van der Waals surface area contributed by atoms with Gasteiger partial charge in [-0.3, -0.25) is 0 Å². The molecule has 8 heteroatoms. The second kappa shape index (κ2) is 5.42. The van der Waals surface area contributed by atoms with Gasteiger partial charge in [0.15, 0.2) is 0 Å². The van der Waals surface area contributed by atoms with Gasteiger partial charge in [0, 0.05) is 11.8 Å². The molecule has 2 rings (SSSR count). The zero-order chi connectivity index (χ0) is 13.8. The first-order valence-corrected chi connectivity index (χ1v) is 5.26. The number of anilines is 1. The maximum absolute atomic E-state index is 12.2. The molecule has 0 radical (unpaired) electrons. The van der Waals surface area contributed by atoms with Gasteiger partial charge in [-0.1, -0.05) is 11.2 Å². The Balaban J connectivity index is 2.14. The van der Waals surface area contributed by atoms with Crippen molar-refractivity contribution in [2.75, 3.05) is 5.73 Å². The molecule has 1 heterocycles. The van der Waals surface area contributed by atoms with Crippen LogP contribution in [0.4, 0.5) is 14.5 Å². The number of nitrogens with two attached hydrogens (primary N) is 1. The topological polar surface area (TPSA) is 82.5 Å². The summed E-state index contributed by atoms with van der Waals surface area (Å²) < 4.78 is 34.1. The lowest BCUT2D eigenvalue weighted by Gasteiger charge is -2.12. The SMILES string of the molecule is Nc1cccc(OC(F)F)c1COc1ccn(O)n1. The lowest BCUT2D eigenvalue weighted by atomic mass is 10.1. The van der Waals surface area contributed by atoms with Crippen molar-refractivity contribution >= 4 is 5.69 Å². The average molecular weight is 271 g/mol. The van der Waals surface area contributed by atoms with Crippen LogP contribution in [0.15, 0.2) is 30.5 Å². The van der Waals surface area contributed by atoms with Crippen molar-refractivity contribution in [2.45, 2.75) is 13.2 Å². The van der Waals surface area contributed by atoms with Gasteiger partial charge < -0.3 is 20.4 Å². The molecule has 6 nitrogen and oxygen atoms in total. The number of halogens is 2. The first-order valence-electron chi connectivity index (χ1n) is 5.26. The molecule has 1 aromatic heterocycles. The van der Waals surface area contributed by atoms with E-state index in [4.69, 9.17) is 15.7 Å². The number of rotatable bonds is 5. The molecule has 102 valence electrons. The van der Waals surface area contributed by atoms with E-state index >= 15 is 0 Å². The number of nitrogen functional groups attached to an aromatic ring is 1. The standard InChI is InChI=1S/C11H11F2N3O3/c12-11(13)19-9-3-1-2-8(14)7(9)6-18-10-4-5-16(17)15-10/h1-5,11,17H,6,14H2. The van der Waals surface area contributed by atoms with Gasteiger partial charge in [-0.25, -0.2) is 0 Å². The summed E-state index contributed by atoms with van der Waals surface area (Å²) in [5.74, 6) is 0.0761.